The Morgan fingerprint density at radius 3 is 2.95 bits per heavy atom. The Morgan fingerprint density at radius 2 is 2.21 bits per heavy atom. The van der Waals surface area contributed by atoms with Gasteiger partial charge in [0, 0.05) is 23.1 Å². The highest BCUT2D eigenvalue weighted by atomic mass is 16.2. The van der Waals surface area contributed by atoms with E-state index in [0.29, 0.717) is 12.5 Å². The van der Waals surface area contributed by atoms with Gasteiger partial charge in [0.05, 0.1) is 6.04 Å². The summed E-state index contributed by atoms with van der Waals surface area (Å²) in [5.41, 5.74) is 8.19. The first-order valence-corrected chi connectivity index (χ1v) is 6.85. The highest BCUT2D eigenvalue weighted by Gasteiger charge is 2.23. The molecule has 1 unspecified atom stereocenters. The maximum Gasteiger partial charge on any atom is 0.237 e. The Kier molecular flexibility index (Phi) is 3.25. The first kappa shape index (κ1) is 12.2. The van der Waals surface area contributed by atoms with Crippen LogP contribution in [0.5, 0.6) is 0 Å². The van der Waals surface area contributed by atoms with Crippen molar-refractivity contribution < 1.29 is 4.79 Å². The van der Waals surface area contributed by atoms with Crippen molar-refractivity contribution in [1.82, 2.24) is 10.3 Å². The zero-order chi connectivity index (χ0) is 13.2. The number of hydrogen-bond acceptors (Lipinski definition) is 2. The molecule has 100 valence electrons. The molecule has 1 aromatic heterocycles. The van der Waals surface area contributed by atoms with Crippen LogP contribution >= 0.6 is 0 Å². The number of nitrogens with one attached hydrogen (secondary N) is 2. The summed E-state index contributed by atoms with van der Waals surface area (Å²) in [5.74, 6) is -0.0324. The van der Waals surface area contributed by atoms with Crippen molar-refractivity contribution in [1.29, 1.82) is 0 Å². The smallest absolute Gasteiger partial charge is 0.237 e. The minimum Gasteiger partial charge on any atom is -0.361 e. The summed E-state index contributed by atoms with van der Waals surface area (Å²) in [6, 6.07) is 7.95. The van der Waals surface area contributed by atoms with Crippen molar-refractivity contribution in [2.24, 2.45) is 5.73 Å². The fourth-order valence-corrected chi connectivity index (χ4v) is 2.49. The molecule has 4 heteroatoms. The molecule has 0 spiro atoms. The number of carbonyl (C=O) groups is 1. The van der Waals surface area contributed by atoms with Crippen molar-refractivity contribution in [3.05, 3.63) is 36.0 Å². The molecule has 1 heterocycles. The first-order chi connectivity index (χ1) is 9.24. The number of para-hydroxylation sites is 1. The van der Waals surface area contributed by atoms with Gasteiger partial charge in [-0.25, -0.2) is 0 Å². The third-order valence-electron chi connectivity index (χ3n) is 3.90. The summed E-state index contributed by atoms with van der Waals surface area (Å²) in [5, 5.41) is 4.15. The molecule has 1 atom stereocenters. The predicted molar refractivity (Wildman–Crippen MR) is 75.8 cm³/mol. The van der Waals surface area contributed by atoms with Gasteiger partial charge < -0.3 is 16.0 Å². The molecule has 19 heavy (non-hydrogen) atoms. The summed E-state index contributed by atoms with van der Waals surface area (Å²) in [6.45, 7) is 0. The molecule has 0 saturated heterocycles. The summed E-state index contributed by atoms with van der Waals surface area (Å²) in [6.07, 6.45) is 5.91. The fraction of sp³-hybridized carbons (Fsp3) is 0.400. The maximum absolute atomic E-state index is 12.0. The molecule has 1 amide bonds. The molecule has 0 radical (unpaired) electrons. The molecule has 4 N–H and O–H groups in total. The summed E-state index contributed by atoms with van der Waals surface area (Å²) < 4.78 is 0. The van der Waals surface area contributed by atoms with Crippen LogP contribution < -0.4 is 11.1 Å². The van der Waals surface area contributed by atoms with Crippen LogP contribution in [-0.2, 0) is 11.2 Å². The van der Waals surface area contributed by atoms with Crippen LogP contribution in [0.1, 0.15) is 24.8 Å². The van der Waals surface area contributed by atoms with E-state index < -0.39 is 6.04 Å². The van der Waals surface area contributed by atoms with Gasteiger partial charge in [-0.3, -0.25) is 4.79 Å². The van der Waals surface area contributed by atoms with Crippen molar-refractivity contribution in [2.75, 3.05) is 0 Å². The first-order valence-electron chi connectivity index (χ1n) is 6.85. The van der Waals surface area contributed by atoms with E-state index in [9.17, 15) is 4.79 Å². The number of aromatic nitrogens is 1. The number of benzene rings is 1. The van der Waals surface area contributed by atoms with Gasteiger partial charge in [-0.15, -0.1) is 0 Å². The van der Waals surface area contributed by atoms with Gasteiger partial charge >= 0.3 is 0 Å². The minimum atomic E-state index is -0.472. The Balaban J connectivity index is 1.68. The zero-order valence-corrected chi connectivity index (χ0v) is 10.9. The molecule has 2 aromatic rings. The number of rotatable bonds is 4. The van der Waals surface area contributed by atoms with Crippen LogP contribution in [0.3, 0.4) is 0 Å². The Labute approximate surface area is 112 Å². The van der Waals surface area contributed by atoms with E-state index in [1.165, 1.54) is 6.42 Å². The second-order valence-corrected chi connectivity index (χ2v) is 5.31. The largest absolute Gasteiger partial charge is 0.361 e. The number of amides is 1. The standard InChI is InChI=1S/C15H19N3O/c16-13(15(19)18-11-4-3-5-11)8-10-9-17-14-7-2-1-6-12(10)14/h1-2,6-7,9,11,13,17H,3-5,8,16H2,(H,18,19). The molecule has 0 bridgehead atoms. The van der Waals surface area contributed by atoms with Crippen molar-refractivity contribution >= 4 is 16.8 Å². The monoisotopic (exact) mass is 257 g/mol. The van der Waals surface area contributed by atoms with Crippen molar-refractivity contribution in [3.8, 4) is 0 Å². The summed E-state index contributed by atoms with van der Waals surface area (Å²) in [4.78, 5) is 15.2. The van der Waals surface area contributed by atoms with Gasteiger partial charge in [0.25, 0.3) is 0 Å². The lowest BCUT2D eigenvalue weighted by molar-refractivity contribution is -0.123. The molecule has 1 aliphatic rings. The Bertz CT molecular complexity index is 586. The van der Waals surface area contributed by atoms with E-state index in [-0.39, 0.29) is 5.91 Å². The van der Waals surface area contributed by atoms with E-state index in [1.807, 2.05) is 24.4 Å². The van der Waals surface area contributed by atoms with Gasteiger partial charge in [0.1, 0.15) is 0 Å². The number of carbonyl (C=O) groups excluding carboxylic acids is 1. The highest BCUT2D eigenvalue weighted by Crippen LogP contribution is 2.20. The highest BCUT2D eigenvalue weighted by molar-refractivity contribution is 5.86. The van der Waals surface area contributed by atoms with Gasteiger partial charge in [-0.1, -0.05) is 18.2 Å². The van der Waals surface area contributed by atoms with E-state index in [0.717, 1.165) is 29.3 Å². The van der Waals surface area contributed by atoms with E-state index in [2.05, 4.69) is 16.4 Å². The second kappa shape index (κ2) is 5.05. The molecular weight excluding hydrogens is 238 g/mol. The lowest BCUT2D eigenvalue weighted by Crippen LogP contribution is -2.48. The lowest BCUT2D eigenvalue weighted by atomic mass is 9.92. The normalized spacial score (nSPS) is 17.1. The van der Waals surface area contributed by atoms with E-state index >= 15 is 0 Å². The number of H-pyrrole nitrogens is 1. The van der Waals surface area contributed by atoms with Crippen molar-refractivity contribution in [2.45, 2.75) is 37.8 Å². The molecule has 0 aliphatic heterocycles. The molecule has 3 rings (SSSR count). The fourth-order valence-electron chi connectivity index (χ4n) is 2.49. The average molecular weight is 257 g/mol. The van der Waals surface area contributed by atoms with Crippen LogP contribution in [0.4, 0.5) is 0 Å². The number of nitrogens with two attached hydrogens (primary N) is 1. The average Bonchev–Trinajstić information content (AvgIpc) is 2.77. The van der Waals surface area contributed by atoms with Gasteiger partial charge in [-0.2, -0.15) is 0 Å². The number of hydrogen-bond donors (Lipinski definition) is 3. The predicted octanol–water partition coefficient (Wildman–Crippen LogP) is 1.71. The Hall–Kier alpha value is -1.81. The van der Waals surface area contributed by atoms with Crippen LogP contribution in [0.15, 0.2) is 30.5 Å². The number of fused-ring (bicyclic) bond motifs is 1. The van der Waals surface area contributed by atoms with Crippen molar-refractivity contribution in [3.63, 3.8) is 0 Å². The van der Waals surface area contributed by atoms with Crippen LogP contribution in [-0.4, -0.2) is 23.0 Å². The third-order valence-corrected chi connectivity index (χ3v) is 3.90. The SMILES string of the molecule is NC(Cc1c[nH]c2ccccc12)C(=O)NC1CCC1. The zero-order valence-electron chi connectivity index (χ0n) is 10.9. The topological polar surface area (TPSA) is 70.9 Å². The second-order valence-electron chi connectivity index (χ2n) is 5.31. The van der Waals surface area contributed by atoms with Crippen LogP contribution in [0.2, 0.25) is 0 Å². The summed E-state index contributed by atoms with van der Waals surface area (Å²) >= 11 is 0. The quantitative estimate of drug-likeness (QED) is 0.780. The number of aromatic amines is 1. The van der Waals surface area contributed by atoms with Crippen LogP contribution in [0.25, 0.3) is 10.9 Å². The van der Waals surface area contributed by atoms with Gasteiger partial charge in [0.2, 0.25) is 5.91 Å². The molecule has 1 fully saturated rings. The molecule has 4 nitrogen and oxygen atoms in total. The molecule has 1 aliphatic carbocycles. The van der Waals surface area contributed by atoms with Crippen LogP contribution in [0, 0.1) is 0 Å². The van der Waals surface area contributed by atoms with Gasteiger partial charge in [-0.05, 0) is 37.3 Å². The third kappa shape index (κ3) is 2.49. The van der Waals surface area contributed by atoms with Gasteiger partial charge in [0.15, 0.2) is 0 Å². The molecule has 1 aromatic carbocycles. The van der Waals surface area contributed by atoms with E-state index in [4.69, 9.17) is 5.73 Å². The molecular formula is C15H19N3O. The minimum absolute atomic E-state index is 0.0324. The summed E-state index contributed by atoms with van der Waals surface area (Å²) in [7, 11) is 0. The molecule has 1 saturated carbocycles. The maximum atomic E-state index is 12.0. The van der Waals surface area contributed by atoms with E-state index in [1.54, 1.807) is 0 Å². The lowest BCUT2D eigenvalue weighted by Gasteiger charge is -2.27. The Morgan fingerprint density at radius 1 is 1.42 bits per heavy atom.